The molecular weight excluding hydrogens is 504 g/mol. The van der Waals surface area contributed by atoms with Crippen LogP contribution in [-0.2, 0) is 0 Å². The van der Waals surface area contributed by atoms with Crippen LogP contribution in [0.2, 0.25) is 0 Å². The van der Waals surface area contributed by atoms with Gasteiger partial charge in [-0.25, -0.2) is 0 Å². The molecule has 8 aromatic rings. The minimum atomic E-state index is 1.23. The minimum absolute atomic E-state index is 1.23. The van der Waals surface area contributed by atoms with Crippen LogP contribution in [0.4, 0.5) is 0 Å². The second kappa shape index (κ2) is 10.2. The molecule has 8 rings (SSSR count). The van der Waals surface area contributed by atoms with Crippen LogP contribution in [0.5, 0.6) is 0 Å². The molecule has 0 heterocycles. The lowest BCUT2D eigenvalue weighted by Crippen LogP contribution is -1.93. The summed E-state index contributed by atoms with van der Waals surface area (Å²) in [7, 11) is 0. The Labute approximate surface area is 246 Å². The van der Waals surface area contributed by atoms with Crippen LogP contribution >= 0.6 is 0 Å². The number of rotatable bonds is 4. The summed E-state index contributed by atoms with van der Waals surface area (Å²) < 4.78 is 0. The summed E-state index contributed by atoms with van der Waals surface area (Å²) in [6.07, 6.45) is 0. The molecule has 0 N–H and O–H groups in total. The van der Waals surface area contributed by atoms with E-state index in [1.807, 2.05) is 0 Å². The predicted molar refractivity (Wildman–Crippen MR) is 181 cm³/mol. The molecule has 0 heteroatoms. The predicted octanol–water partition coefficient (Wildman–Crippen LogP) is 11.8. The zero-order valence-corrected chi connectivity index (χ0v) is 23.2. The molecule has 42 heavy (non-hydrogen) atoms. The van der Waals surface area contributed by atoms with Crippen LogP contribution in [0.1, 0.15) is 0 Å². The van der Waals surface area contributed by atoms with E-state index in [4.69, 9.17) is 0 Å². The largest absolute Gasteiger partial charge is 0.0622 e. The molecule has 0 bridgehead atoms. The lowest BCUT2D eigenvalue weighted by molar-refractivity contribution is 1.62. The molecule has 0 amide bonds. The molecule has 0 aliphatic heterocycles. The normalized spacial score (nSPS) is 11.3. The van der Waals surface area contributed by atoms with Crippen molar-refractivity contribution in [3.05, 3.63) is 170 Å². The summed E-state index contributed by atoms with van der Waals surface area (Å²) in [5, 5.41) is 7.58. The fourth-order valence-electron chi connectivity index (χ4n) is 6.42. The molecule has 0 nitrogen and oxygen atoms in total. The second-order valence-corrected chi connectivity index (χ2v) is 10.9. The van der Waals surface area contributed by atoms with Crippen molar-refractivity contribution in [1.82, 2.24) is 0 Å². The smallest absolute Gasteiger partial charge is 0.00259 e. The summed E-state index contributed by atoms with van der Waals surface area (Å²) in [6, 6.07) is 61.8. The van der Waals surface area contributed by atoms with Crippen LogP contribution in [0, 0.1) is 0 Å². The fourth-order valence-corrected chi connectivity index (χ4v) is 6.42. The SMILES string of the molecule is c1ccc(-c2ccc3c(-c4ccc5ccccc5c4)c4cc(-c5ccccc5)ccc4c(-c4ccccc4)c3c2)cc1. The summed E-state index contributed by atoms with van der Waals surface area (Å²) in [6.45, 7) is 0. The van der Waals surface area contributed by atoms with Crippen molar-refractivity contribution < 1.29 is 0 Å². The van der Waals surface area contributed by atoms with Crippen molar-refractivity contribution in [2.45, 2.75) is 0 Å². The fraction of sp³-hybridized carbons (Fsp3) is 0. The number of benzene rings is 8. The molecule has 0 aromatic heterocycles. The Hall–Kier alpha value is -5.46. The van der Waals surface area contributed by atoms with E-state index in [9.17, 15) is 0 Å². The van der Waals surface area contributed by atoms with Crippen LogP contribution in [0.15, 0.2) is 170 Å². The van der Waals surface area contributed by atoms with Crippen molar-refractivity contribution >= 4 is 32.3 Å². The lowest BCUT2D eigenvalue weighted by Gasteiger charge is -2.20. The summed E-state index contributed by atoms with van der Waals surface area (Å²) in [5.74, 6) is 0. The first-order chi connectivity index (χ1) is 20.8. The molecule has 0 aliphatic rings. The Kier molecular flexibility index (Phi) is 5.90. The van der Waals surface area contributed by atoms with Crippen molar-refractivity contribution in [2.75, 3.05) is 0 Å². The van der Waals surface area contributed by atoms with E-state index in [0.29, 0.717) is 0 Å². The van der Waals surface area contributed by atoms with Crippen LogP contribution in [-0.4, -0.2) is 0 Å². The molecule has 8 aromatic carbocycles. The maximum Gasteiger partial charge on any atom is -0.00259 e. The van der Waals surface area contributed by atoms with Gasteiger partial charge in [-0.2, -0.15) is 0 Å². The first-order valence-corrected chi connectivity index (χ1v) is 14.5. The highest BCUT2D eigenvalue weighted by atomic mass is 14.2. The number of hydrogen-bond acceptors (Lipinski definition) is 0. The maximum absolute atomic E-state index is 2.40. The highest BCUT2D eigenvalue weighted by molar-refractivity contribution is 6.22. The lowest BCUT2D eigenvalue weighted by atomic mass is 9.83. The molecule has 0 unspecified atom stereocenters. The van der Waals surface area contributed by atoms with E-state index >= 15 is 0 Å². The zero-order chi connectivity index (χ0) is 27.9. The van der Waals surface area contributed by atoms with E-state index < -0.39 is 0 Å². The summed E-state index contributed by atoms with van der Waals surface area (Å²) in [4.78, 5) is 0. The van der Waals surface area contributed by atoms with Crippen LogP contribution in [0.25, 0.3) is 76.8 Å². The van der Waals surface area contributed by atoms with Gasteiger partial charge in [-0.3, -0.25) is 0 Å². The maximum atomic E-state index is 2.40. The zero-order valence-electron chi connectivity index (χ0n) is 23.2. The van der Waals surface area contributed by atoms with Gasteiger partial charge in [0.25, 0.3) is 0 Å². The Morgan fingerprint density at radius 2 is 0.643 bits per heavy atom. The van der Waals surface area contributed by atoms with Crippen molar-refractivity contribution in [1.29, 1.82) is 0 Å². The first-order valence-electron chi connectivity index (χ1n) is 14.5. The highest BCUT2D eigenvalue weighted by Gasteiger charge is 2.18. The number of fused-ring (bicyclic) bond motifs is 3. The third-order valence-corrected chi connectivity index (χ3v) is 8.43. The van der Waals surface area contributed by atoms with Gasteiger partial charge in [-0.05, 0) is 95.0 Å². The molecule has 0 saturated heterocycles. The van der Waals surface area contributed by atoms with Gasteiger partial charge in [0.2, 0.25) is 0 Å². The van der Waals surface area contributed by atoms with Gasteiger partial charge in [0.05, 0.1) is 0 Å². The highest BCUT2D eigenvalue weighted by Crippen LogP contribution is 2.46. The Balaban J connectivity index is 1.53. The first kappa shape index (κ1) is 24.3. The van der Waals surface area contributed by atoms with Gasteiger partial charge in [0.15, 0.2) is 0 Å². The second-order valence-electron chi connectivity index (χ2n) is 10.9. The van der Waals surface area contributed by atoms with Crippen LogP contribution in [0.3, 0.4) is 0 Å². The van der Waals surface area contributed by atoms with Crippen molar-refractivity contribution in [3.63, 3.8) is 0 Å². The van der Waals surface area contributed by atoms with Gasteiger partial charge in [0.1, 0.15) is 0 Å². The molecule has 0 saturated carbocycles. The summed E-state index contributed by atoms with van der Waals surface area (Å²) in [5.41, 5.74) is 9.94. The third-order valence-electron chi connectivity index (χ3n) is 8.43. The Morgan fingerprint density at radius 1 is 0.214 bits per heavy atom. The quantitative estimate of drug-likeness (QED) is 0.198. The standard InChI is InChI=1S/C42H28/c1-4-12-29(13-5-1)34-23-25-38-39(27-34)41(32-17-8-3-9-18-32)37-24-22-35(30-14-6-2-7-15-30)28-40(37)42(38)36-21-20-31-16-10-11-19-33(31)26-36/h1-28H. The van der Waals surface area contributed by atoms with Crippen molar-refractivity contribution in [2.24, 2.45) is 0 Å². The average molecular weight is 533 g/mol. The molecule has 0 fully saturated rings. The van der Waals surface area contributed by atoms with Gasteiger partial charge >= 0.3 is 0 Å². The minimum Gasteiger partial charge on any atom is -0.0622 e. The summed E-state index contributed by atoms with van der Waals surface area (Å²) >= 11 is 0. The molecule has 0 aliphatic carbocycles. The van der Waals surface area contributed by atoms with Gasteiger partial charge in [-0.1, -0.05) is 152 Å². The van der Waals surface area contributed by atoms with Gasteiger partial charge in [-0.15, -0.1) is 0 Å². The molecule has 0 radical (unpaired) electrons. The average Bonchev–Trinajstić information content (AvgIpc) is 3.07. The molecule has 0 spiro atoms. The topological polar surface area (TPSA) is 0 Å². The number of hydrogen-bond donors (Lipinski definition) is 0. The van der Waals surface area contributed by atoms with E-state index in [1.165, 1.54) is 76.8 Å². The van der Waals surface area contributed by atoms with E-state index in [1.54, 1.807) is 0 Å². The van der Waals surface area contributed by atoms with Gasteiger partial charge < -0.3 is 0 Å². The Morgan fingerprint density at radius 3 is 1.19 bits per heavy atom. The van der Waals surface area contributed by atoms with Gasteiger partial charge in [0, 0.05) is 0 Å². The van der Waals surface area contributed by atoms with E-state index in [0.717, 1.165) is 0 Å². The van der Waals surface area contributed by atoms with E-state index in [-0.39, 0.29) is 0 Å². The van der Waals surface area contributed by atoms with E-state index in [2.05, 4.69) is 170 Å². The molecule has 0 atom stereocenters. The van der Waals surface area contributed by atoms with Crippen LogP contribution < -0.4 is 0 Å². The molecule has 196 valence electrons. The monoisotopic (exact) mass is 532 g/mol. The third kappa shape index (κ3) is 4.17. The molecular formula is C42H28. The van der Waals surface area contributed by atoms with Crippen molar-refractivity contribution in [3.8, 4) is 44.5 Å². The Bertz CT molecular complexity index is 2210.